The molecule has 0 bridgehead atoms. The monoisotopic (exact) mass is 377 g/mol. The first-order valence-corrected chi connectivity index (χ1v) is 9.84. The highest BCUT2D eigenvalue weighted by Gasteiger charge is 2.26. The first-order chi connectivity index (χ1) is 13.3. The number of hydrogen-bond acceptors (Lipinski definition) is 6. The smallest absolute Gasteiger partial charge is 0.232 e. The topological polar surface area (TPSA) is 92.3 Å². The Morgan fingerprint density at radius 1 is 0.893 bits per heavy atom. The highest BCUT2D eigenvalue weighted by atomic mass is 15.2. The second kappa shape index (κ2) is 8.04. The SMILES string of the molecule is C.c1cc(-c2nc(Nc3cc(C4CC4)[nH]n3)nc(C3CCCCC3)n2)ccn1. The van der Waals surface area contributed by atoms with Crippen LogP contribution in [0.15, 0.2) is 30.6 Å². The van der Waals surface area contributed by atoms with Gasteiger partial charge in [0.05, 0.1) is 0 Å². The molecule has 0 saturated heterocycles. The maximum atomic E-state index is 4.79. The molecule has 0 radical (unpaired) electrons. The molecule has 2 aliphatic carbocycles. The average molecular weight is 377 g/mol. The molecule has 2 saturated carbocycles. The summed E-state index contributed by atoms with van der Waals surface area (Å²) in [5.41, 5.74) is 2.14. The summed E-state index contributed by atoms with van der Waals surface area (Å²) in [6, 6.07) is 5.93. The van der Waals surface area contributed by atoms with Gasteiger partial charge in [-0.3, -0.25) is 10.1 Å². The summed E-state index contributed by atoms with van der Waals surface area (Å²) in [5.74, 6) is 3.94. The molecule has 2 N–H and O–H groups in total. The second-order valence-electron chi connectivity index (χ2n) is 7.52. The molecule has 0 unspecified atom stereocenters. The Hall–Kier alpha value is -2.83. The van der Waals surface area contributed by atoms with E-state index in [0.717, 1.165) is 30.0 Å². The summed E-state index contributed by atoms with van der Waals surface area (Å²) in [5, 5.41) is 10.8. The molecule has 3 heterocycles. The zero-order chi connectivity index (χ0) is 18.1. The van der Waals surface area contributed by atoms with Crippen molar-refractivity contribution in [1.29, 1.82) is 0 Å². The number of anilines is 2. The van der Waals surface area contributed by atoms with E-state index in [4.69, 9.17) is 9.97 Å². The molecule has 0 aliphatic heterocycles. The predicted molar refractivity (Wildman–Crippen MR) is 109 cm³/mol. The zero-order valence-electron chi connectivity index (χ0n) is 15.2. The molecular formula is C21H27N7. The van der Waals surface area contributed by atoms with E-state index in [-0.39, 0.29) is 7.43 Å². The van der Waals surface area contributed by atoms with E-state index in [0.29, 0.717) is 23.6 Å². The van der Waals surface area contributed by atoms with Crippen LogP contribution in [0.25, 0.3) is 11.4 Å². The van der Waals surface area contributed by atoms with Crippen molar-refractivity contribution in [2.75, 3.05) is 5.32 Å². The standard InChI is InChI=1S/C20H23N7.CH4/c1-2-4-14(5-3-1)18-23-19(15-8-10-21-11-9-15)25-20(24-18)22-17-12-16(26-27-17)13-6-7-13;/h8-14H,1-7H2,(H2,22,23,24,25,26,27);1H4. The van der Waals surface area contributed by atoms with Gasteiger partial charge in [0.25, 0.3) is 0 Å². The zero-order valence-corrected chi connectivity index (χ0v) is 15.2. The number of pyridine rings is 1. The summed E-state index contributed by atoms with van der Waals surface area (Å²) in [6.07, 6.45) is 12.1. The summed E-state index contributed by atoms with van der Waals surface area (Å²) in [4.78, 5) is 18.3. The molecule has 7 heteroatoms. The minimum Gasteiger partial charge on any atom is -0.307 e. The largest absolute Gasteiger partial charge is 0.307 e. The van der Waals surface area contributed by atoms with Crippen molar-refractivity contribution in [2.24, 2.45) is 0 Å². The third-order valence-electron chi connectivity index (χ3n) is 5.42. The van der Waals surface area contributed by atoms with Crippen LogP contribution in [-0.4, -0.2) is 30.1 Å². The van der Waals surface area contributed by atoms with Gasteiger partial charge < -0.3 is 5.32 Å². The third-order valence-corrected chi connectivity index (χ3v) is 5.42. The van der Waals surface area contributed by atoms with Gasteiger partial charge in [-0.1, -0.05) is 26.7 Å². The van der Waals surface area contributed by atoms with Crippen LogP contribution in [0.3, 0.4) is 0 Å². The van der Waals surface area contributed by atoms with Gasteiger partial charge in [0.1, 0.15) is 5.82 Å². The second-order valence-corrected chi connectivity index (χ2v) is 7.52. The first-order valence-electron chi connectivity index (χ1n) is 9.84. The van der Waals surface area contributed by atoms with Gasteiger partial charge in [-0.2, -0.15) is 15.1 Å². The average Bonchev–Trinajstić information content (AvgIpc) is 3.48. The van der Waals surface area contributed by atoms with Gasteiger partial charge >= 0.3 is 0 Å². The van der Waals surface area contributed by atoms with Gasteiger partial charge in [0, 0.05) is 41.6 Å². The highest BCUT2D eigenvalue weighted by molar-refractivity contribution is 5.57. The van der Waals surface area contributed by atoms with E-state index in [9.17, 15) is 0 Å². The lowest BCUT2D eigenvalue weighted by Gasteiger charge is -2.20. The molecule has 0 amide bonds. The molecule has 28 heavy (non-hydrogen) atoms. The molecule has 0 aromatic carbocycles. The van der Waals surface area contributed by atoms with Crippen molar-refractivity contribution < 1.29 is 0 Å². The summed E-state index contributed by atoms with van der Waals surface area (Å²) >= 11 is 0. The maximum Gasteiger partial charge on any atom is 0.232 e. The van der Waals surface area contributed by atoms with Crippen LogP contribution in [0.4, 0.5) is 11.8 Å². The number of nitrogens with one attached hydrogen (secondary N) is 2. The quantitative estimate of drug-likeness (QED) is 0.653. The van der Waals surface area contributed by atoms with Gasteiger partial charge in [0.15, 0.2) is 11.6 Å². The Morgan fingerprint density at radius 3 is 2.43 bits per heavy atom. The molecule has 3 aromatic heterocycles. The van der Waals surface area contributed by atoms with Crippen molar-refractivity contribution in [3.05, 3.63) is 42.1 Å². The van der Waals surface area contributed by atoms with Crippen LogP contribution in [-0.2, 0) is 0 Å². The summed E-state index contributed by atoms with van der Waals surface area (Å²) in [7, 11) is 0. The molecule has 2 fully saturated rings. The van der Waals surface area contributed by atoms with E-state index in [2.05, 4.69) is 31.5 Å². The molecule has 0 spiro atoms. The lowest BCUT2D eigenvalue weighted by molar-refractivity contribution is 0.428. The van der Waals surface area contributed by atoms with Crippen LogP contribution in [0.5, 0.6) is 0 Å². The number of H-pyrrole nitrogens is 1. The Labute approximate surface area is 165 Å². The minimum atomic E-state index is 0. The molecule has 3 aromatic rings. The first kappa shape index (κ1) is 18.5. The summed E-state index contributed by atoms with van der Waals surface area (Å²) in [6.45, 7) is 0. The fraction of sp³-hybridized carbons (Fsp3) is 0.476. The highest BCUT2D eigenvalue weighted by Crippen LogP contribution is 2.39. The van der Waals surface area contributed by atoms with Gasteiger partial charge in [-0.25, -0.2) is 4.98 Å². The van der Waals surface area contributed by atoms with Crippen LogP contribution in [0.1, 0.15) is 75.7 Å². The number of rotatable bonds is 5. The lowest BCUT2D eigenvalue weighted by atomic mass is 9.89. The molecule has 5 rings (SSSR count). The van der Waals surface area contributed by atoms with E-state index in [1.165, 1.54) is 37.8 Å². The molecule has 2 aliphatic rings. The lowest BCUT2D eigenvalue weighted by Crippen LogP contribution is -2.12. The van der Waals surface area contributed by atoms with Crippen molar-refractivity contribution in [3.8, 4) is 11.4 Å². The number of nitrogens with zero attached hydrogens (tertiary/aromatic N) is 5. The number of aromatic nitrogens is 6. The van der Waals surface area contributed by atoms with E-state index in [1.807, 2.05) is 12.1 Å². The number of hydrogen-bond donors (Lipinski definition) is 2. The van der Waals surface area contributed by atoms with Crippen LogP contribution in [0, 0.1) is 0 Å². The van der Waals surface area contributed by atoms with Crippen LogP contribution >= 0.6 is 0 Å². The van der Waals surface area contributed by atoms with E-state index in [1.54, 1.807) is 12.4 Å². The van der Waals surface area contributed by atoms with Gasteiger partial charge in [-0.05, 0) is 37.8 Å². The molecule has 0 atom stereocenters. The Balaban J connectivity index is 0.00000192. The minimum absolute atomic E-state index is 0. The normalized spacial score (nSPS) is 17.1. The maximum absolute atomic E-state index is 4.79. The van der Waals surface area contributed by atoms with Gasteiger partial charge in [0.2, 0.25) is 5.95 Å². The fourth-order valence-electron chi connectivity index (χ4n) is 3.74. The van der Waals surface area contributed by atoms with Gasteiger partial charge in [-0.15, -0.1) is 0 Å². The van der Waals surface area contributed by atoms with Crippen LogP contribution < -0.4 is 5.32 Å². The van der Waals surface area contributed by atoms with Crippen molar-refractivity contribution in [1.82, 2.24) is 30.1 Å². The fourth-order valence-corrected chi connectivity index (χ4v) is 3.74. The van der Waals surface area contributed by atoms with Crippen molar-refractivity contribution in [2.45, 2.75) is 64.2 Å². The molecule has 7 nitrogen and oxygen atoms in total. The summed E-state index contributed by atoms with van der Waals surface area (Å²) < 4.78 is 0. The van der Waals surface area contributed by atoms with Crippen molar-refractivity contribution in [3.63, 3.8) is 0 Å². The number of aromatic amines is 1. The Morgan fingerprint density at radius 2 is 1.68 bits per heavy atom. The molecular weight excluding hydrogens is 350 g/mol. The Bertz CT molecular complexity index is 912. The predicted octanol–water partition coefficient (Wildman–Crippen LogP) is 4.96. The van der Waals surface area contributed by atoms with E-state index < -0.39 is 0 Å². The third kappa shape index (κ3) is 4.03. The van der Waals surface area contributed by atoms with E-state index >= 15 is 0 Å². The molecule has 146 valence electrons. The van der Waals surface area contributed by atoms with Crippen LogP contribution in [0.2, 0.25) is 0 Å². The van der Waals surface area contributed by atoms with Crippen molar-refractivity contribution >= 4 is 11.8 Å². The Kier molecular flexibility index (Phi) is 5.32.